The van der Waals surface area contributed by atoms with Crippen molar-refractivity contribution in [3.8, 4) is 0 Å². The van der Waals surface area contributed by atoms with Crippen molar-refractivity contribution >= 4 is 22.5 Å². The van der Waals surface area contributed by atoms with Gasteiger partial charge >= 0.3 is 6.03 Å². The summed E-state index contributed by atoms with van der Waals surface area (Å²) in [6.07, 6.45) is 4.40. The Labute approximate surface area is 133 Å². The minimum Gasteiger partial charge on any atom is -0.320 e. The lowest BCUT2D eigenvalue weighted by Gasteiger charge is -2.25. The van der Waals surface area contributed by atoms with Crippen LogP contribution >= 0.6 is 11.3 Å². The third-order valence-electron chi connectivity index (χ3n) is 4.47. The normalized spacial score (nSPS) is 19.8. The molecule has 0 saturated heterocycles. The molecule has 114 valence electrons. The van der Waals surface area contributed by atoms with E-state index in [1.165, 1.54) is 35.3 Å². The molecule has 22 heavy (non-hydrogen) atoms. The summed E-state index contributed by atoms with van der Waals surface area (Å²) in [6.45, 7) is 0. The molecule has 1 fully saturated rings. The topological polar surface area (TPSA) is 58.1 Å². The first kappa shape index (κ1) is 13.7. The third kappa shape index (κ3) is 2.47. The number of nitrogens with one attached hydrogen (secondary N) is 1. The van der Waals surface area contributed by atoms with Crippen LogP contribution in [0.4, 0.5) is 9.93 Å². The summed E-state index contributed by atoms with van der Waals surface area (Å²) in [5.74, 6) is 0.572. The number of aromatic nitrogens is 2. The second-order valence-electron chi connectivity index (χ2n) is 6.01. The zero-order valence-corrected chi connectivity index (χ0v) is 13.3. The third-order valence-corrected chi connectivity index (χ3v) is 5.47. The van der Waals surface area contributed by atoms with Gasteiger partial charge in [-0.3, -0.25) is 5.32 Å². The Balaban J connectivity index is 1.45. The summed E-state index contributed by atoms with van der Waals surface area (Å²) in [5, 5.41) is 12.8. The molecule has 1 atom stereocenters. The van der Waals surface area contributed by atoms with Crippen LogP contribution < -0.4 is 5.32 Å². The van der Waals surface area contributed by atoms with Crippen LogP contribution in [0.25, 0.3) is 0 Å². The van der Waals surface area contributed by atoms with E-state index < -0.39 is 0 Å². The summed E-state index contributed by atoms with van der Waals surface area (Å²) < 4.78 is 0. The summed E-state index contributed by atoms with van der Waals surface area (Å²) in [6, 6.07) is 8.39. The van der Waals surface area contributed by atoms with Gasteiger partial charge in [-0.1, -0.05) is 35.6 Å². The maximum Gasteiger partial charge on any atom is 0.323 e. The Hall–Kier alpha value is -1.95. The van der Waals surface area contributed by atoms with Crippen molar-refractivity contribution in [3.05, 3.63) is 40.4 Å². The van der Waals surface area contributed by atoms with Gasteiger partial charge in [0.1, 0.15) is 5.01 Å². The van der Waals surface area contributed by atoms with Crippen LogP contribution in [0.3, 0.4) is 0 Å². The molecule has 2 aliphatic carbocycles. The van der Waals surface area contributed by atoms with Gasteiger partial charge in [-0.2, -0.15) is 0 Å². The molecule has 0 bridgehead atoms. The van der Waals surface area contributed by atoms with E-state index in [2.05, 4.69) is 33.7 Å². The summed E-state index contributed by atoms with van der Waals surface area (Å²) in [5.41, 5.74) is 2.61. The maximum atomic E-state index is 12.5. The molecule has 1 heterocycles. The SMILES string of the molecule is CN(C(=O)Nc1nnc(C2CC2)s1)C1CCc2ccccc21. The van der Waals surface area contributed by atoms with Crippen LogP contribution in [-0.2, 0) is 6.42 Å². The molecule has 0 spiro atoms. The minimum atomic E-state index is -0.111. The van der Waals surface area contributed by atoms with Crippen LogP contribution in [0.2, 0.25) is 0 Å². The summed E-state index contributed by atoms with van der Waals surface area (Å²) >= 11 is 1.50. The fourth-order valence-corrected chi connectivity index (χ4v) is 3.94. The van der Waals surface area contributed by atoms with Crippen LogP contribution in [0.1, 0.15) is 47.4 Å². The standard InChI is InChI=1S/C16H18N4OS/c1-20(13-9-8-10-4-2-3-5-12(10)13)16(21)17-15-19-18-14(22-15)11-6-7-11/h2-5,11,13H,6-9H2,1H3,(H,17,19,21). The highest BCUT2D eigenvalue weighted by Gasteiger charge is 2.30. The smallest absolute Gasteiger partial charge is 0.320 e. The first-order valence-electron chi connectivity index (χ1n) is 7.67. The number of carbonyl (C=O) groups is 1. The van der Waals surface area contributed by atoms with Crippen molar-refractivity contribution in [1.82, 2.24) is 15.1 Å². The van der Waals surface area contributed by atoms with Crippen molar-refractivity contribution in [2.24, 2.45) is 0 Å². The number of aryl methyl sites for hydroxylation is 1. The molecular weight excluding hydrogens is 296 g/mol. The van der Waals surface area contributed by atoms with Crippen molar-refractivity contribution in [2.45, 2.75) is 37.6 Å². The Morgan fingerprint density at radius 1 is 1.27 bits per heavy atom. The predicted octanol–water partition coefficient (Wildman–Crippen LogP) is 3.57. The molecule has 4 rings (SSSR count). The van der Waals surface area contributed by atoms with Gasteiger partial charge in [0.2, 0.25) is 5.13 Å². The van der Waals surface area contributed by atoms with E-state index in [0.29, 0.717) is 11.0 Å². The second-order valence-corrected chi connectivity index (χ2v) is 7.02. The number of rotatable bonds is 3. The number of hydrogen-bond acceptors (Lipinski definition) is 4. The van der Waals surface area contributed by atoms with Crippen LogP contribution in [0, 0.1) is 0 Å². The Kier molecular flexibility index (Phi) is 3.33. The largest absolute Gasteiger partial charge is 0.323 e. The van der Waals surface area contributed by atoms with E-state index in [4.69, 9.17) is 0 Å². The van der Waals surface area contributed by atoms with Crippen LogP contribution in [-0.4, -0.2) is 28.2 Å². The molecule has 1 saturated carbocycles. The molecule has 0 aliphatic heterocycles. The van der Waals surface area contributed by atoms with Crippen molar-refractivity contribution < 1.29 is 4.79 Å². The lowest BCUT2D eigenvalue weighted by Crippen LogP contribution is -2.33. The van der Waals surface area contributed by atoms with Crippen LogP contribution in [0.5, 0.6) is 0 Å². The molecule has 5 nitrogen and oxygen atoms in total. The molecule has 2 amide bonds. The van der Waals surface area contributed by atoms with E-state index in [9.17, 15) is 4.79 Å². The molecule has 1 aromatic heterocycles. The monoisotopic (exact) mass is 314 g/mol. The Morgan fingerprint density at radius 3 is 2.91 bits per heavy atom. The van der Waals surface area contributed by atoms with E-state index in [1.807, 2.05) is 13.1 Å². The number of amides is 2. The minimum absolute atomic E-state index is 0.111. The fraction of sp³-hybridized carbons (Fsp3) is 0.438. The number of nitrogens with zero attached hydrogens (tertiary/aromatic N) is 3. The molecule has 1 aromatic carbocycles. The number of benzene rings is 1. The van der Waals surface area contributed by atoms with Gasteiger partial charge in [0.15, 0.2) is 0 Å². The quantitative estimate of drug-likeness (QED) is 0.942. The van der Waals surface area contributed by atoms with Crippen molar-refractivity contribution in [3.63, 3.8) is 0 Å². The van der Waals surface area contributed by atoms with Gasteiger partial charge in [-0.25, -0.2) is 4.79 Å². The zero-order chi connectivity index (χ0) is 15.1. The van der Waals surface area contributed by atoms with Crippen molar-refractivity contribution in [2.75, 3.05) is 12.4 Å². The number of fused-ring (bicyclic) bond motifs is 1. The van der Waals surface area contributed by atoms with Gasteiger partial charge < -0.3 is 4.90 Å². The van der Waals surface area contributed by atoms with E-state index in [-0.39, 0.29) is 12.1 Å². The average molecular weight is 314 g/mol. The predicted molar refractivity (Wildman–Crippen MR) is 86.2 cm³/mol. The molecule has 2 aromatic rings. The highest BCUT2D eigenvalue weighted by molar-refractivity contribution is 7.15. The highest BCUT2D eigenvalue weighted by Crippen LogP contribution is 2.42. The van der Waals surface area contributed by atoms with Gasteiger partial charge in [-0.05, 0) is 36.8 Å². The lowest BCUT2D eigenvalue weighted by atomic mass is 10.1. The van der Waals surface area contributed by atoms with Gasteiger partial charge in [-0.15, -0.1) is 10.2 Å². The van der Waals surface area contributed by atoms with Crippen LogP contribution in [0.15, 0.2) is 24.3 Å². The first-order valence-corrected chi connectivity index (χ1v) is 8.49. The highest BCUT2D eigenvalue weighted by atomic mass is 32.1. The lowest BCUT2D eigenvalue weighted by molar-refractivity contribution is 0.204. The number of urea groups is 1. The van der Waals surface area contributed by atoms with Gasteiger partial charge in [0, 0.05) is 13.0 Å². The van der Waals surface area contributed by atoms with Gasteiger partial charge in [0.05, 0.1) is 6.04 Å². The molecule has 1 unspecified atom stereocenters. The van der Waals surface area contributed by atoms with E-state index in [0.717, 1.165) is 17.8 Å². The Bertz CT molecular complexity index is 710. The number of hydrogen-bond donors (Lipinski definition) is 1. The fourth-order valence-electron chi connectivity index (χ4n) is 3.04. The second kappa shape index (κ2) is 5.35. The average Bonchev–Trinajstić information content (AvgIpc) is 3.13. The summed E-state index contributed by atoms with van der Waals surface area (Å²) in [7, 11) is 1.85. The molecule has 0 radical (unpaired) electrons. The molecule has 2 aliphatic rings. The molecular formula is C16H18N4OS. The zero-order valence-electron chi connectivity index (χ0n) is 12.5. The number of anilines is 1. The van der Waals surface area contributed by atoms with E-state index in [1.54, 1.807) is 4.90 Å². The Morgan fingerprint density at radius 2 is 2.09 bits per heavy atom. The van der Waals surface area contributed by atoms with Crippen molar-refractivity contribution in [1.29, 1.82) is 0 Å². The first-order chi connectivity index (χ1) is 10.7. The molecule has 1 N–H and O–H groups in total. The summed E-state index contributed by atoms with van der Waals surface area (Å²) in [4.78, 5) is 14.2. The molecule has 6 heteroatoms. The van der Waals surface area contributed by atoms with Gasteiger partial charge in [0.25, 0.3) is 0 Å². The maximum absolute atomic E-state index is 12.5. The number of carbonyl (C=O) groups excluding carboxylic acids is 1. The van der Waals surface area contributed by atoms with E-state index >= 15 is 0 Å².